The third kappa shape index (κ3) is 1.77. The Balaban J connectivity index is 2.13. The van der Waals surface area contributed by atoms with E-state index in [2.05, 4.69) is 10.2 Å². The van der Waals surface area contributed by atoms with Gasteiger partial charge in [0.25, 0.3) is 0 Å². The number of ether oxygens (including phenoxy) is 1. The number of aromatic nitrogens is 3. The van der Waals surface area contributed by atoms with Gasteiger partial charge in [0.15, 0.2) is 5.82 Å². The molecule has 4 nitrogen and oxygen atoms in total. The van der Waals surface area contributed by atoms with E-state index in [0.29, 0.717) is 23.2 Å². The standard InChI is InChI=1S/C12H12FN3O/c1-17-11-5-2-8(13)6-10(11)12-15-14-7-16(12)9-3-4-9/h2,5-7,9H,3-4H2,1H3. The van der Waals surface area contributed by atoms with E-state index in [9.17, 15) is 4.39 Å². The van der Waals surface area contributed by atoms with Crippen LogP contribution < -0.4 is 4.74 Å². The second-order valence-electron chi connectivity index (χ2n) is 4.14. The molecular formula is C12H12FN3O. The molecule has 1 aromatic heterocycles. The van der Waals surface area contributed by atoms with Crippen molar-refractivity contribution in [2.75, 3.05) is 7.11 Å². The second-order valence-corrected chi connectivity index (χ2v) is 4.14. The minimum Gasteiger partial charge on any atom is -0.496 e. The molecule has 0 aliphatic heterocycles. The van der Waals surface area contributed by atoms with Gasteiger partial charge in [0.05, 0.1) is 12.7 Å². The van der Waals surface area contributed by atoms with Crippen LogP contribution in [0, 0.1) is 5.82 Å². The zero-order chi connectivity index (χ0) is 11.8. The van der Waals surface area contributed by atoms with Gasteiger partial charge in [-0.05, 0) is 31.0 Å². The van der Waals surface area contributed by atoms with Crippen molar-refractivity contribution in [1.82, 2.24) is 14.8 Å². The molecule has 0 N–H and O–H groups in total. The van der Waals surface area contributed by atoms with E-state index in [1.54, 1.807) is 19.5 Å². The van der Waals surface area contributed by atoms with E-state index >= 15 is 0 Å². The molecule has 0 saturated heterocycles. The Morgan fingerprint density at radius 3 is 2.94 bits per heavy atom. The fourth-order valence-corrected chi connectivity index (χ4v) is 1.91. The van der Waals surface area contributed by atoms with Gasteiger partial charge >= 0.3 is 0 Å². The molecule has 0 bridgehead atoms. The summed E-state index contributed by atoms with van der Waals surface area (Å²) in [6.45, 7) is 0. The Bertz CT molecular complexity index is 548. The van der Waals surface area contributed by atoms with Crippen molar-refractivity contribution in [2.45, 2.75) is 18.9 Å². The molecule has 0 atom stereocenters. The highest BCUT2D eigenvalue weighted by atomic mass is 19.1. The highest BCUT2D eigenvalue weighted by Gasteiger charge is 2.27. The highest BCUT2D eigenvalue weighted by molar-refractivity contribution is 5.64. The molecular weight excluding hydrogens is 221 g/mol. The number of benzene rings is 1. The summed E-state index contributed by atoms with van der Waals surface area (Å²) in [5.74, 6) is 0.983. The molecule has 5 heteroatoms. The molecule has 1 aromatic carbocycles. The number of hydrogen-bond acceptors (Lipinski definition) is 3. The van der Waals surface area contributed by atoms with E-state index in [1.165, 1.54) is 12.1 Å². The molecule has 1 aliphatic rings. The van der Waals surface area contributed by atoms with Crippen LogP contribution in [0.2, 0.25) is 0 Å². The lowest BCUT2D eigenvalue weighted by molar-refractivity contribution is 0.414. The fourth-order valence-electron chi connectivity index (χ4n) is 1.91. The number of rotatable bonds is 3. The molecule has 0 amide bonds. The average molecular weight is 233 g/mol. The number of hydrogen-bond donors (Lipinski definition) is 0. The smallest absolute Gasteiger partial charge is 0.167 e. The third-order valence-electron chi connectivity index (χ3n) is 2.92. The Morgan fingerprint density at radius 2 is 2.24 bits per heavy atom. The summed E-state index contributed by atoms with van der Waals surface area (Å²) < 4.78 is 20.5. The minimum atomic E-state index is -0.300. The summed E-state index contributed by atoms with van der Waals surface area (Å²) in [7, 11) is 1.56. The van der Waals surface area contributed by atoms with E-state index in [-0.39, 0.29) is 5.82 Å². The van der Waals surface area contributed by atoms with Gasteiger partial charge < -0.3 is 9.30 Å². The van der Waals surface area contributed by atoms with Crippen LogP contribution in [-0.4, -0.2) is 21.9 Å². The first-order valence-corrected chi connectivity index (χ1v) is 5.53. The summed E-state index contributed by atoms with van der Waals surface area (Å²) >= 11 is 0. The molecule has 1 saturated carbocycles. The molecule has 88 valence electrons. The number of nitrogens with zero attached hydrogens (tertiary/aromatic N) is 3. The Kier molecular flexibility index (Phi) is 2.31. The lowest BCUT2D eigenvalue weighted by atomic mass is 10.2. The summed E-state index contributed by atoms with van der Waals surface area (Å²) in [5, 5.41) is 7.96. The van der Waals surface area contributed by atoms with Crippen LogP contribution in [-0.2, 0) is 0 Å². The van der Waals surface area contributed by atoms with Crippen LogP contribution in [0.5, 0.6) is 5.75 Å². The topological polar surface area (TPSA) is 39.9 Å². The summed E-state index contributed by atoms with van der Waals surface area (Å²) in [4.78, 5) is 0. The zero-order valence-corrected chi connectivity index (χ0v) is 9.43. The van der Waals surface area contributed by atoms with Gasteiger partial charge in [0.2, 0.25) is 0 Å². The number of halogens is 1. The normalized spacial score (nSPS) is 14.9. The van der Waals surface area contributed by atoms with Crippen LogP contribution in [0.25, 0.3) is 11.4 Å². The van der Waals surface area contributed by atoms with Crippen molar-refractivity contribution >= 4 is 0 Å². The molecule has 1 heterocycles. The first-order chi connectivity index (χ1) is 8.29. The van der Waals surface area contributed by atoms with Gasteiger partial charge in [-0.15, -0.1) is 10.2 Å². The minimum absolute atomic E-state index is 0.300. The monoisotopic (exact) mass is 233 g/mol. The maximum Gasteiger partial charge on any atom is 0.167 e. The maximum atomic E-state index is 13.3. The van der Waals surface area contributed by atoms with E-state index in [4.69, 9.17) is 4.74 Å². The maximum absolute atomic E-state index is 13.3. The molecule has 2 aromatic rings. The second kappa shape index (κ2) is 3.84. The Morgan fingerprint density at radius 1 is 1.41 bits per heavy atom. The van der Waals surface area contributed by atoms with Crippen LogP contribution >= 0.6 is 0 Å². The first-order valence-electron chi connectivity index (χ1n) is 5.53. The van der Waals surface area contributed by atoms with Crippen LogP contribution in [0.1, 0.15) is 18.9 Å². The fraction of sp³-hybridized carbons (Fsp3) is 0.333. The van der Waals surface area contributed by atoms with Crippen molar-refractivity contribution in [2.24, 2.45) is 0 Å². The highest BCUT2D eigenvalue weighted by Crippen LogP contribution is 2.39. The van der Waals surface area contributed by atoms with E-state index < -0.39 is 0 Å². The molecule has 1 aliphatic carbocycles. The Hall–Kier alpha value is -1.91. The zero-order valence-electron chi connectivity index (χ0n) is 9.43. The summed E-state index contributed by atoms with van der Waals surface area (Å²) in [6.07, 6.45) is 3.95. The predicted octanol–water partition coefficient (Wildman–Crippen LogP) is 2.43. The van der Waals surface area contributed by atoms with Crippen LogP contribution in [0.4, 0.5) is 4.39 Å². The molecule has 3 rings (SSSR count). The van der Waals surface area contributed by atoms with Gasteiger partial charge in [-0.2, -0.15) is 0 Å². The molecule has 0 radical (unpaired) electrons. The predicted molar refractivity (Wildman–Crippen MR) is 60.2 cm³/mol. The van der Waals surface area contributed by atoms with E-state index in [1.807, 2.05) is 4.57 Å². The van der Waals surface area contributed by atoms with Crippen LogP contribution in [0.3, 0.4) is 0 Å². The van der Waals surface area contributed by atoms with Crippen molar-refractivity contribution < 1.29 is 9.13 Å². The van der Waals surface area contributed by atoms with Gasteiger partial charge in [-0.1, -0.05) is 0 Å². The molecule has 0 spiro atoms. The van der Waals surface area contributed by atoms with E-state index in [0.717, 1.165) is 12.8 Å². The summed E-state index contributed by atoms with van der Waals surface area (Å²) in [6, 6.07) is 4.87. The third-order valence-corrected chi connectivity index (χ3v) is 2.92. The first kappa shape index (κ1) is 10.3. The quantitative estimate of drug-likeness (QED) is 0.817. The molecule has 17 heavy (non-hydrogen) atoms. The van der Waals surface area contributed by atoms with Crippen molar-refractivity contribution in [3.63, 3.8) is 0 Å². The molecule has 1 fully saturated rings. The van der Waals surface area contributed by atoms with Crippen LogP contribution in [0.15, 0.2) is 24.5 Å². The SMILES string of the molecule is COc1ccc(F)cc1-c1nncn1C1CC1. The number of methoxy groups -OCH3 is 1. The van der Waals surface area contributed by atoms with Crippen molar-refractivity contribution in [3.05, 3.63) is 30.3 Å². The van der Waals surface area contributed by atoms with Gasteiger partial charge in [-0.25, -0.2) is 4.39 Å². The largest absolute Gasteiger partial charge is 0.496 e. The van der Waals surface area contributed by atoms with Crippen molar-refractivity contribution in [1.29, 1.82) is 0 Å². The lowest BCUT2D eigenvalue weighted by Crippen LogP contribution is -1.98. The summed E-state index contributed by atoms with van der Waals surface area (Å²) in [5.41, 5.74) is 0.650. The van der Waals surface area contributed by atoms with Gasteiger partial charge in [0, 0.05) is 6.04 Å². The molecule has 0 unspecified atom stereocenters. The average Bonchev–Trinajstić information content (AvgIpc) is 3.07. The lowest BCUT2D eigenvalue weighted by Gasteiger charge is -2.09. The van der Waals surface area contributed by atoms with Gasteiger partial charge in [0.1, 0.15) is 17.9 Å². The Labute approximate surface area is 98.0 Å². The van der Waals surface area contributed by atoms with Crippen molar-refractivity contribution in [3.8, 4) is 17.1 Å². The van der Waals surface area contributed by atoms with Gasteiger partial charge in [-0.3, -0.25) is 0 Å².